The summed E-state index contributed by atoms with van der Waals surface area (Å²) in [5, 5.41) is 0. The van der Waals surface area contributed by atoms with E-state index in [9.17, 15) is 0 Å². The van der Waals surface area contributed by atoms with Gasteiger partial charge in [0.1, 0.15) is 0 Å². The van der Waals surface area contributed by atoms with Crippen molar-refractivity contribution in [2.24, 2.45) is 9.98 Å². The molecule has 0 amide bonds. The second-order valence-corrected chi connectivity index (χ2v) is 10.4. The molecule has 2 aromatic heterocycles. The summed E-state index contributed by atoms with van der Waals surface area (Å²) in [6, 6.07) is 0. The average molecular weight is 503 g/mol. The number of halogens is 1. The smallest absolute Gasteiger partial charge is 0.0682 e. The lowest BCUT2D eigenvalue weighted by Gasteiger charge is -2.18. The number of hydrogen-bond acceptors (Lipinski definition) is 2. The first-order valence-electron chi connectivity index (χ1n) is 13.1. The summed E-state index contributed by atoms with van der Waals surface area (Å²) in [5.41, 5.74) is 17.2. The normalized spacial score (nSPS) is 18.7. The number of aliphatic imine (C=N–C) groups is 2. The van der Waals surface area contributed by atoms with E-state index in [2.05, 4.69) is 87.5 Å². The van der Waals surface area contributed by atoms with Gasteiger partial charge in [-0.1, -0.05) is 13.8 Å². The number of allylic oxidation sites excluding steroid dienone is 4. The van der Waals surface area contributed by atoms with E-state index in [1.165, 1.54) is 55.9 Å². The molecule has 0 saturated carbocycles. The van der Waals surface area contributed by atoms with Crippen LogP contribution in [0, 0.1) is 13.8 Å². The Hall–Kier alpha value is -2.85. The highest BCUT2D eigenvalue weighted by atomic mass is 35.5. The van der Waals surface area contributed by atoms with Crippen LogP contribution in [0.4, 0.5) is 0 Å². The molecule has 4 nitrogen and oxygen atoms in total. The number of hydrogen-bond donors (Lipinski definition) is 2. The maximum Gasteiger partial charge on any atom is 0.0682 e. The zero-order valence-corrected chi connectivity index (χ0v) is 23.7. The molecular weight excluding hydrogens is 464 g/mol. The highest BCUT2D eigenvalue weighted by Crippen LogP contribution is 2.38. The Labute approximate surface area is 221 Å². The van der Waals surface area contributed by atoms with E-state index in [0.29, 0.717) is 5.88 Å². The molecule has 0 saturated heterocycles. The van der Waals surface area contributed by atoms with Crippen LogP contribution in [-0.4, -0.2) is 28.3 Å². The van der Waals surface area contributed by atoms with Crippen LogP contribution in [0.1, 0.15) is 98.9 Å². The zero-order valence-electron chi connectivity index (χ0n) is 23.0. The van der Waals surface area contributed by atoms with E-state index in [0.717, 1.165) is 42.0 Å². The van der Waals surface area contributed by atoms with E-state index in [-0.39, 0.29) is 5.92 Å². The molecule has 4 heterocycles. The first-order chi connectivity index (χ1) is 17.2. The van der Waals surface area contributed by atoms with E-state index >= 15 is 0 Å². The fourth-order valence-electron chi connectivity index (χ4n) is 5.38. The molecule has 36 heavy (non-hydrogen) atoms. The molecule has 5 heteroatoms. The minimum Gasteiger partial charge on any atom is -0.358 e. The van der Waals surface area contributed by atoms with Crippen LogP contribution < -0.4 is 0 Å². The lowest BCUT2D eigenvalue weighted by atomic mass is 9.89. The number of nitrogens with one attached hydrogen (secondary N) is 2. The van der Waals surface area contributed by atoms with Gasteiger partial charge < -0.3 is 9.97 Å². The fraction of sp³-hybridized carbons (Fsp3) is 0.419. The second-order valence-electron chi connectivity index (χ2n) is 10.0. The monoisotopic (exact) mass is 502 g/mol. The highest BCUT2D eigenvalue weighted by molar-refractivity contribution is 6.17. The maximum absolute atomic E-state index is 6.42. The highest BCUT2D eigenvalue weighted by Gasteiger charge is 2.27. The third-order valence-corrected chi connectivity index (χ3v) is 8.23. The quantitative estimate of drug-likeness (QED) is 0.340. The predicted molar refractivity (Wildman–Crippen MR) is 157 cm³/mol. The van der Waals surface area contributed by atoms with Gasteiger partial charge in [-0.15, -0.1) is 11.6 Å². The summed E-state index contributed by atoms with van der Waals surface area (Å²) in [6.45, 7) is 17.4. The van der Waals surface area contributed by atoms with Crippen molar-refractivity contribution in [3.63, 3.8) is 0 Å². The molecule has 0 bridgehead atoms. The minimum absolute atomic E-state index is 0.167. The SMILES string of the molecule is CCc1c(C(CCCl)c2[nH]c(/C=C3/N=CC(C)=C3C)c(C)c2CC)[nH]c(/C=C2\N=CC(C)=C2C)c1C. The third-order valence-electron chi connectivity index (χ3n) is 8.01. The van der Waals surface area contributed by atoms with Gasteiger partial charge in [-0.2, -0.15) is 0 Å². The zero-order chi connectivity index (χ0) is 26.1. The Kier molecular flexibility index (Phi) is 7.75. The number of rotatable bonds is 8. The maximum atomic E-state index is 6.42. The molecule has 0 radical (unpaired) electrons. The molecule has 0 fully saturated rings. The lowest BCUT2D eigenvalue weighted by Crippen LogP contribution is -2.08. The van der Waals surface area contributed by atoms with Gasteiger partial charge in [0.25, 0.3) is 0 Å². The Balaban J connectivity index is 1.84. The lowest BCUT2D eigenvalue weighted by molar-refractivity contribution is 0.719. The van der Waals surface area contributed by atoms with Gasteiger partial charge in [-0.05, 0) is 118 Å². The van der Waals surface area contributed by atoms with Crippen molar-refractivity contribution in [3.05, 3.63) is 78.7 Å². The van der Waals surface area contributed by atoms with Crippen LogP contribution in [0.2, 0.25) is 0 Å². The number of H-pyrrole nitrogens is 2. The molecule has 2 aliphatic rings. The summed E-state index contributed by atoms with van der Waals surface area (Å²) < 4.78 is 0. The number of aromatic nitrogens is 2. The van der Waals surface area contributed by atoms with E-state index < -0.39 is 0 Å². The largest absolute Gasteiger partial charge is 0.358 e. The molecule has 1 unspecified atom stereocenters. The fourth-order valence-corrected chi connectivity index (χ4v) is 5.60. The molecule has 0 aliphatic carbocycles. The van der Waals surface area contributed by atoms with Crippen molar-refractivity contribution in [1.29, 1.82) is 0 Å². The van der Waals surface area contributed by atoms with Crippen molar-refractivity contribution in [2.75, 3.05) is 5.88 Å². The van der Waals surface area contributed by atoms with Crippen molar-refractivity contribution in [3.8, 4) is 0 Å². The summed E-state index contributed by atoms with van der Waals surface area (Å²) in [7, 11) is 0. The molecule has 190 valence electrons. The standard InChI is InChI=1S/C31H39ClN4/c1-9-23-21(7)28(13-26-19(5)17(3)15-33-26)35-30(23)25(11-12-32)31-24(10-2)22(8)29(36-31)14-27-20(6)18(4)16-34-27/h13-16,25,35-36H,9-12H2,1-8H3/b26-13-,27-14+. The van der Waals surface area contributed by atoms with Gasteiger partial charge in [-0.3, -0.25) is 9.98 Å². The van der Waals surface area contributed by atoms with Crippen LogP contribution >= 0.6 is 11.6 Å². The van der Waals surface area contributed by atoms with Crippen LogP contribution in [-0.2, 0) is 12.8 Å². The minimum atomic E-state index is 0.167. The van der Waals surface area contributed by atoms with Crippen molar-refractivity contribution in [2.45, 2.75) is 80.6 Å². The summed E-state index contributed by atoms with van der Waals surface area (Å²) in [6.07, 6.45) is 11.1. The molecule has 4 rings (SSSR count). The van der Waals surface area contributed by atoms with Crippen molar-refractivity contribution in [1.82, 2.24) is 9.97 Å². The second kappa shape index (κ2) is 10.6. The average Bonchev–Trinajstić information content (AvgIpc) is 3.56. The molecule has 2 N–H and O–H groups in total. The van der Waals surface area contributed by atoms with Crippen LogP contribution in [0.3, 0.4) is 0 Å². The van der Waals surface area contributed by atoms with Gasteiger partial charge >= 0.3 is 0 Å². The van der Waals surface area contributed by atoms with Gasteiger partial charge in [0.05, 0.1) is 11.4 Å². The molecule has 0 aromatic carbocycles. The summed E-state index contributed by atoms with van der Waals surface area (Å²) >= 11 is 6.42. The first kappa shape index (κ1) is 26.2. The number of aromatic amines is 2. The van der Waals surface area contributed by atoms with Crippen LogP contribution in [0.15, 0.2) is 43.7 Å². The molecule has 1 atom stereocenters. The van der Waals surface area contributed by atoms with E-state index in [1.807, 2.05) is 12.4 Å². The molecule has 2 aromatic rings. The van der Waals surface area contributed by atoms with Gasteiger partial charge in [0.15, 0.2) is 0 Å². The van der Waals surface area contributed by atoms with Crippen LogP contribution in [0.5, 0.6) is 0 Å². The Morgan fingerprint density at radius 2 is 1.17 bits per heavy atom. The summed E-state index contributed by atoms with van der Waals surface area (Å²) in [5.74, 6) is 0.761. The first-order valence-corrected chi connectivity index (χ1v) is 13.6. The molecule has 2 aliphatic heterocycles. The van der Waals surface area contributed by atoms with E-state index in [1.54, 1.807) is 0 Å². The van der Waals surface area contributed by atoms with Gasteiger partial charge in [0.2, 0.25) is 0 Å². The Morgan fingerprint density at radius 1 is 0.750 bits per heavy atom. The van der Waals surface area contributed by atoms with Crippen molar-refractivity contribution >= 4 is 36.2 Å². The molecular formula is C31H39ClN4. The Morgan fingerprint density at radius 3 is 1.47 bits per heavy atom. The summed E-state index contributed by atoms with van der Waals surface area (Å²) in [4.78, 5) is 16.9. The number of nitrogens with zero attached hydrogens (tertiary/aromatic N) is 2. The van der Waals surface area contributed by atoms with Crippen molar-refractivity contribution < 1.29 is 0 Å². The van der Waals surface area contributed by atoms with Gasteiger partial charge in [0, 0.05) is 47.0 Å². The Bertz CT molecular complexity index is 1270. The predicted octanol–water partition coefficient (Wildman–Crippen LogP) is 8.37. The third kappa shape index (κ3) is 4.64. The van der Waals surface area contributed by atoms with Gasteiger partial charge in [-0.25, -0.2) is 0 Å². The van der Waals surface area contributed by atoms with Crippen LogP contribution in [0.25, 0.3) is 12.2 Å². The van der Waals surface area contributed by atoms with E-state index in [4.69, 9.17) is 11.6 Å². The topological polar surface area (TPSA) is 56.3 Å². The molecule has 0 spiro atoms. The number of alkyl halides is 1.